The number of nitrogens with one attached hydrogen (secondary N) is 2. The molecule has 0 amide bonds. The highest BCUT2D eigenvalue weighted by atomic mass is 35.5. The van der Waals surface area contributed by atoms with Gasteiger partial charge in [-0.3, -0.25) is 4.72 Å². The van der Waals surface area contributed by atoms with Crippen LogP contribution in [0.3, 0.4) is 0 Å². The molecule has 0 aliphatic rings. The molecule has 148 valence electrons. The second-order valence-electron chi connectivity index (χ2n) is 6.43. The molecule has 1 atom stereocenters. The van der Waals surface area contributed by atoms with Crippen LogP contribution in [-0.4, -0.2) is 39.0 Å². The maximum absolute atomic E-state index is 11.4. The minimum atomic E-state index is -3.33. The summed E-state index contributed by atoms with van der Waals surface area (Å²) in [4.78, 5) is 0. The van der Waals surface area contributed by atoms with Crippen LogP contribution in [0.25, 0.3) is 0 Å². The Labute approximate surface area is 170 Å². The first-order chi connectivity index (χ1) is 12.7. The number of sulfonamides is 1. The number of anilines is 1. The third kappa shape index (κ3) is 8.07. The largest absolute Gasteiger partial charge is 0.392 e. The van der Waals surface area contributed by atoms with Crippen molar-refractivity contribution in [3.05, 3.63) is 63.6 Å². The van der Waals surface area contributed by atoms with Crippen LogP contribution in [0, 0.1) is 0 Å². The number of aryl methyl sites for hydroxylation is 1. The van der Waals surface area contributed by atoms with Crippen molar-refractivity contribution in [2.45, 2.75) is 25.4 Å². The van der Waals surface area contributed by atoms with Gasteiger partial charge in [0.2, 0.25) is 10.0 Å². The van der Waals surface area contributed by atoms with E-state index in [0.29, 0.717) is 41.7 Å². The summed E-state index contributed by atoms with van der Waals surface area (Å²) in [6.07, 6.45) is 2.49. The number of hydrogen-bond acceptors (Lipinski definition) is 4. The summed E-state index contributed by atoms with van der Waals surface area (Å²) < 4.78 is 25.4. The van der Waals surface area contributed by atoms with Crippen LogP contribution in [0.4, 0.5) is 5.69 Å². The van der Waals surface area contributed by atoms with Gasteiger partial charge in [-0.25, -0.2) is 8.42 Å². The summed E-state index contributed by atoms with van der Waals surface area (Å²) in [6, 6.07) is 12.8. The minimum absolute atomic E-state index is 0.461. The van der Waals surface area contributed by atoms with Crippen LogP contribution >= 0.6 is 23.2 Å². The quantitative estimate of drug-likeness (QED) is 0.504. The van der Waals surface area contributed by atoms with E-state index in [1.807, 2.05) is 24.3 Å². The molecular weight excluding hydrogens is 407 g/mol. The Hall–Kier alpha value is -1.31. The summed E-state index contributed by atoms with van der Waals surface area (Å²) in [5.41, 5.74) is 2.49. The SMILES string of the molecule is CS(=O)(=O)Nc1ccccc1CC[C@@H](O)CNCCc1ccc(Cl)c(Cl)c1. The van der Waals surface area contributed by atoms with Gasteiger partial charge in [0, 0.05) is 6.54 Å². The van der Waals surface area contributed by atoms with Gasteiger partial charge < -0.3 is 10.4 Å². The van der Waals surface area contributed by atoms with E-state index in [1.165, 1.54) is 0 Å². The van der Waals surface area contributed by atoms with Gasteiger partial charge in [-0.15, -0.1) is 0 Å². The second-order valence-corrected chi connectivity index (χ2v) is 8.99. The molecule has 2 aromatic carbocycles. The lowest BCUT2D eigenvalue weighted by Crippen LogP contribution is -2.28. The van der Waals surface area contributed by atoms with Crippen molar-refractivity contribution in [3.8, 4) is 0 Å². The molecule has 0 heterocycles. The lowest BCUT2D eigenvalue weighted by Gasteiger charge is -2.14. The monoisotopic (exact) mass is 430 g/mol. The van der Waals surface area contributed by atoms with Gasteiger partial charge >= 0.3 is 0 Å². The van der Waals surface area contributed by atoms with Crippen molar-refractivity contribution in [2.75, 3.05) is 24.1 Å². The number of hydrogen-bond donors (Lipinski definition) is 3. The van der Waals surface area contributed by atoms with Crippen LogP contribution in [0.15, 0.2) is 42.5 Å². The van der Waals surface area contributed by atoms with E-state index in [1.54, 1.807) is 18.2 Å². The number of halogens is 2. The van der Waals surface area contributed by atoms with E-state index in [0.717, 1.165) is 23.8 Å². The zero-order chi connectivity index (χ0) is 19.9. The van der Waals surface area contributed by atoms with Gasteiger partial charge in [0.1, 0.15) is 0 Å². The average molecular weight is 431 g/mol. The van der Waals surface area contributed by atoms with Gasteiger partial charge in [0.25, 0.3) is 0 Å². The van der Waals surface area contributed by atoms with Crippen molar-refractivity contribution < 1.29 is 13.5 Å². The highest BCUT2D eigenvalue weighted by Crippen LogP contribution is 2.22. The Kier molecular flexibility index (Phi) is 8.38. The first-order valence-corrected chi connectivity index (χ1v) is 11.3. The molecule has 0 saturated heterocycles. The van der Waals surface area contributed by atoms with E-state index in [9.17, 15) is 13.5 Å². The Morgan fingerprint density at radius 1 is 1.07 bits per heavy atom. The van der Waals surface area contributed by atoms with Crippen molar-refractivity contribution >= 4 is 38.9 Å². The average Bonchev–Trinajstić information content (AvgIpc) is 2.59. The van der Waals surface area contributed by atoms with E-state index in [-0.39, 0.29) is 0 Å². The molecule has 0 bridgehead atoms. The molecule has 3 N–H and O–H groups in total. The maximum Gasteiger partial charge on any atom is 0.229 e. The first kappa shape index (κ1) is 22.0. The normalized spacial score (nSPS) is 12.7. The number of aliphatic hydroxyl groups excluding tert-OH is 1. The minimum Gasteiger partial charge on any atom is -0.392 e. The van der Waals surface area contributed by atoms with Crippen molar-refractivity contribution in [1.82, 2.24) is 5.32 Å². The third-order valence-electron chi connectivity index (χ3n) is 4.01. The molecule has 8 heteroatoms. The molecule has 0 aromatic heterocycles. The van der Waals surface area contributed by atoms with E-state index in [2.05, 4.69) is 10.0 Å². The fourth-order valence-corrected chi connectivity index (χ4v) is 3.58. The Balaban J connectivity index is 1.75. The van der Waals surface area contributed by atoms with Gasteiger partial charge in [0.15, 0.2) is 0 Å². The molecule has 2 rings (SSSR count). The molecule has 0 spiro atoms. The number of rotatable bonds is 10. The number of para-hydroxylation sites is 1. The smallest absolute Gasteiger partial charge is 0.229 e. The highest BCUT2D eigenvalue weighted by Gasteiger charge is 2.10. The third-order valence-corrected chi connectivity index (χ3v) is 5.34. The second kappa shape index (κ2) is 10.3. The van der Waals surface area contributed by atoms with E-state index in [4.69, 9.17) is 23.2 Å². The Morgan fingerprint density at radius 2 is 1.81 bits per heavy atom. The van der Waals surface area contributed by atoms with Gasteiger partial charge in [-0.05, 0) is 55.1 Å². The molecule has 0 saturated carbocycles. The first-order valence-electron chi connectivity index (χ1n) is 8.63. The fourth-order valence-electron chi connectivity index (χ4n) is 2.66. The molecule has 0 aliphatic heterocycles. The molecule has 27 heavy (non-hydrogen) atoms. The Morgan fingerprint density at radius 3 is 2.52 bits per heavy atom. The van der Waals surface area contributed by atoms with E-state index < -0.39 is 16.1 Å². The zero-order valence-electron chi connectivity index (χ0n) is 15.1. The maximum atomic E-state index is 11.4. The summed E-state index contributed by atoms with van der Waals surface area (Å²) in [5, 5.41) is 14.5. The molecule has 0 unspecified atom stereocenters. The molecule has 2 aromatic rings. The number of aliphatic hydroxyl groups is 1. The van der Waals surface area contributed by atoms with Crippen LogP contribution in [-0.2, 0) is 22.9 Å². The zero-order valence-corrected chi connectivity index (χ0v) is 17.4. The molecule has 0 fully saturated rings. The summed E-state index contributed by atoms with van der Waals surface area (Å²) in [7, 11) is -3.33. The van der Waals surface area contributed by atoms with Gasteiger partial charge in [0.05, 0.1) is 28.1 Å². The van der Waals surface area contributed by atoms with Crippen molar-refractivity contribution in [3.63, 3.8) is 0 Å². The standard InChI is InChI=1S/C19H24Cl2N2O3S/c1-27(25,26)23-19-5-3-2-4-15(19)7-8-16(24)13-22-11-10-14-6-9-17(20)18(21)12-14/h2-6,9,12,16,22-24H,7-8,10-11,13H2,1H3/t16-/m1/s1. The number of benzene rings is 2. The molecular formula is C19H24Cl2N2O3S. The lowest BCUT2D eigenvalue weighted by molar-refractivity contribution is 0.162. The van der Waals surface area contributed by atoms with E-state index >= 15 is 0 Å². The van der Waals surface area contributed by atoms with Crippen molar-refractivity contribution in [1.29, 1.82) is 0 Å². The van der Waals surface area contributed by atoms with Crippen LogP contribution in [0.2, 0.25) is 10.0 Å². The molecule has 0 aliphatic carbocycles. The van der Waals surface area contributed by atoms with Crippen LogP contribution in [0.5, 0.6) is 0 Å². The topological polar surface area (TPSA) is 78.4 Å². The lowest BCUT2D eigenvalue weighted by atomic mass is 10.0. The summed E-state index contributed by atoms with van der Waals surface area (Å²) in [5.74, 6) is 0. The van der Waals surface area contributed by atoms with Gasteiger partial charge in [-0.1, -0.05) is 47.5 Å². The van der Waals surface area contributed by atoms with Crippen LogP contribution < -0.4 is 10.0 Å². The Bertz CT molecular complexity index is 860. The van der Waals surface area contributed by atoms with Crippen LogP contribution in [0.1, 0.15) is 17.5 Å². The van der Waals surface area contributed by atoms with Crippen molar-refractivity contribution in [2.24, 2.45) is 0 Å². The predicted molar refractivity (Wildman–Crippen MR) is 112 cm³/mol. The summed E-state index contributed by atoms with van der Waals surface area (Å²) >= 11 is 11.9. The molecule has 5 nitrogen and oxygen atoms in total. The molecule has 0 radical (unpaired) electrons. The highest BCUT2D eigenvalue weighted by molar-refractivity contribution is 7.92. The van der Waals surface area contributed by atoms with Gasteiger partial charge in [-0.2, -0.15) is 0 Å². The predicted octanol–water partition coefficient (Wildman–Crippen LogP) is 3.49. The fraction of sp³-hybridized carbons (Fsp3) is 0.368. The summed E-state index contributed by atoms with van der Waals surface area (Å²) in [6.45, 7) is 1.17.